The summed E-state index contributed by atoms with van der Waals surface area (Å²) in [4.78, 5) is 61.9. The van der Waals surface area contributed by atoms with Gasteiger partial charge in [0.1, 0.15) is 44.7 Å². The topological polar surface area (TPSA) is 161 Å². The maximum Gasteiger partial charge on any atom is 0.407 e. The minimum absolute atomic E-state index is 0.0936. The molecule has 4 rings (SSSR count). The molecule has 0 unspecified atom stereocenters. The molecule has 3 aromatic carbocycles. The first kappa shape index (κ1) is 33.7. The molecular weight excluding hydrogens is 592 g/mol. The highest BCUT2D eigenvalue weighted by molar-refractivity contribution is 5.93. The number of fused-ring (bicyclic) bond motifs is 3. The van der Waals surface area contributed by atoms with Gasteiger partial charge in [0.25, 0.3) is 0 Å². The van der Waals surface area contributed by atoms with Crippen LogP contribution < -0.4 is 21.3 Å². The van der Waals surface area contributed by atoms with Crippen LogP contribution in [0.3, 0.4) is 0 Å². The average molecular weight is 631 g/mol. The molecule has 0 fully saturated rings. The van der Waals surface area contributed by atoms with E-state index in [2.05, 4.69) is 21.3 Å². The Morgan fingerprint density at radius 2 is 1.17 bits per heavy atom. The fourth-order valence-corrected chi connectivity index (χ4v) is 4.88. The molecule has 0 heterocycles. The van der Waals surface area contributed by atoms with Crippen molar-refractivity contribution >= 4 is 29.8 Å². The quantitative estimate of drug-likeness (QED) is 0.120. The third-order valence-electron chi connectivity index (χ3n) is 7.39. The second-order valence-electron chi connectivity index (χ2n) is 10.8. The summed E-state index contributed by atoms with van der Waals surface area (Å²) in [5.41, 5.74) is 5.17. The predicted octanol–water partition coefficient (Wildman–Crippen LogP) is 2.76. The first-order valence-electron chi connectivity index (χ1n) is 14.9. The van der Waals surface area contributed by atoms with Gasteiger partial charge in [-0.15, -0.1) is 0 Å². The minimum Gasteiger partial charge on any atom is -0.459 e. The lowest BCUT2D eigenvalue weighted by atomic mass is 9.98. The highest BCUT2D eigenvalue weighted by Crippen LogP contribution is 2.44. The summed E-state index contributed by atoms with van der Waals surface area (Å²) in [5.74, 6) is -2.50. The van der Waals surface area contributed by atoms with E-state index in [1.165, 1.54) is 20.8 Å². The molecule has 1 aliphatic carbocycles. The Bertz CT molecular complexity index is 1500. The molecular formula is C34H38N4O8. The molecule has 0 aromatic heterocycles. The van der Waals surface area contributed by atoms with Gasteiger partial charge in [-0.05, 0) is 48.6 Å². The molecule has 46 heavy (non-hydrogen) atoms. The number of nitrogens with one attached hydrogen (secondary N) is 4. The van der Waals surface area contributed by atoms with Crippen molar-refractivity contribution in [2.24, 2.45) is 0 Å². The zero-order chi connectivity index (χ0) is 33.1. The largest absolute Gasteiger partial charge is 0.459 e. The molecule has 0 saturated carbocycles. The maximum absolute atomic E-state index is 12.7. The van der Waals surface area contributed by atoms with E-state index in [0.717, 1.165) is 27.8 Å². The Labute approximate surface area is 267 Å². The molecule has 0 saturated heterocycles. The zero-order valence-electron chi connectivity index (χ0n) is 25.9. The Morgan fingerprint density at radius 1 is 0.652 bits per heavy atom. The number of alkyl carbamates (subject to hydrolysis) is 1. The number of benzene rings is 3. The van der Waals surface area contributed by atoms with Crippen LogP contribution in [0.4, 0.5) is 4.79 Å². The third-order valence-corrected chi connectivity index (χ3v) is 7.39. The average Bonchev–Trinajstić information content (AvgIpc) is 3.38. The van der Waals surface area contributed by atoms with Crippen molar-refractivity contribution in [2.75, 3.05) is 19.9 Å². The molecule has 1 aliphatic rings. The first-order chi connectivity index (χ1) is 22.1. The second-order valence-corrected chi connectivity index (χ2v) is 10.8. The van der Waals surface area contributed by atoms with E-state index in [-0.39, 0.29) is 32.5 Å². The number of carbonyl (C=O) groups is 5. The highest BCUT2D eigenvalue weighted by Gasteiger charge is 2.30. The van der Waals surface area contributed by atoms with Crippen LogP contribution in [0.15, 0.2) is 78.9 Å². The third kappa shape index (κ3) is 9.14. The summed E-state index contributed by atoms with van der Waals surface area (Å²) >= 11 is 0. The molecule has 0 radical (unpaired) electrons. The van der Waals surface area contributed by atoms with E-state index in [4.69, 9.17) is 14.2 Å². The second kappa shape index (κ2) is 16.2. The number of hydrogen-bond donors (Lipinski definition) is 4. The summed E-state index contributed by atoms with van der Waals surface area (Å²) in [6.45, 7) is 3.94. The molecule has 4 amide bonds. The smallest absolute Gasteiger partial charge is 0.407 e. The molecule has 0 bridgehead atoms. The molecule has 242 valence electrons. The van der Waals surface area contributed by atoms with Crippen LogP contribution in [0.25, 0.3) is 11.1 Å². The monoisotopic (exact) mass is 630 g/mol. The number of amides is 4. The Balaban J connectivity index is 1.12. The van der Waals surface area contributed by atoms with E-state index in [1.54, 1.807) is 0 Å². The Hall–Kier alpha value is -5.23. The standard InChI is InChI=1S/C34H38N4O8/c1-21(31(40)35-20-44-19-30(39)45-17-24-11-5-4-6-12-24)36-32(41)22(2)37-33(42)23(3)38-34(43)46-18-29-27-15-9-7-13-25(27)26-14-8-10-16-28(26)29/h4-16,21-23,29H,17-20H2,1-3H3,(H,35,40)(H,36,41)(H,37,42)(H,38,43)/t21-,22-,23-/m0/s1. The summed E-state index contributed by atoms with van der Waals surface area (Å²) in [7, 11) is 0. The van der Waals surface area contributed by atoms with E-state index >= 15 is 0 Å². The number of hydrogen-bond acceptors (Lipinski definition) is 8. The number of carbonyl (C=O) groups excluding carboxylic acids is 5. The molecule has 0 aliphatic heterocycles. The lowest BCUT2D eigenvalue weighted by Crippen LogP contribution is -2.54. The predicted molar refractivity (Wildman–Crippen MR) is 168 cm³/mol. The minimum atomic E-state index is -1.01. The van der Waals surface area contributed by atoms with Crippen molar-refractivity contribution in [1.29, 1.82) is 0 Å². The highest BCUT2D eigenvalue weighted by atomic mass is 16.6. The Kier molecular flexibility index (Phi) is 11.8. The van der Waals surface area contributed by atoms with E-state index < -0.39 is 47.9 Å². The van der Waals surface area contributed by atoms with Gasteiger partial charge < -0.3 is 35.5 Å². The molecule has 4 N–H and O–H groups in total. The molecule has 3 aromatic rings. The summed E-state index contributed by atoms with van der Waals surface area (Å²) in [6.07, 6.45) is -0.765. The normalized spacial score (nSPS) is 13.6. The molecule has 12 heteroatoms. The Morgan fingerprint density at radius 3 is 1.78 bits per heavy atom. The van der Waals surface area contributed by atoms with Gasteiger partial charge >= 0.3 is 12.1 Å². The number of rotatable bonds is 14. The van der Waals surface area contributed by atoms with Crippen molar-refractivity contribution in [1.82, 2.24) is 21.3 Å². The van der Waals surface area contributed by atoms with Crippen molar-refractivity contribution in [3.8, 4) is 11.1 Å². The zero-order valence-corrected chi connectivity index (χ0v) is 25.9. The van der Waals surface area contributed by atoms with Crippen molar-refractivity contribution in [3.63, 3.8) is 0 Å². The fraction of sp³-hybridized carbons (Fsp3) is 0.324. The SMILES string of the molecule is C[C@H](NC(=O)OCC1c2ccccc2-c2ccccc21)C(=O)N[C@@H](C)C(=O)N[C@@H](C)C(=O)NCOCC(=O)OCc1ccccc1. The summed E-state index contributed by atoms with van der Waals surface area (Å²) in [5, 5.41) is 9.95. The van der Waals surface area contributed by atoms with Gasteiger partial charge in [-0.2, -0.15) is 0 Å². The summed E-state index contributed by atoms with van der Waals surface area (Å²) < 4.78 is 15.7. The van der Waals surface area contributed by atoms with Crippen LogP contribution >= 0.6 is 0 Å². The van der Waals surface area contributed by atoms with Crippen molar-refractivity contribution in [2.45, 2.75) is 51.4 Å². The van der Waals surface area contributed by atoms with Crippen LogP contribution in [0, 0.1) is 0 Å². The van der Waals surface area contributed by atoms with Crippen LogP contribution in [-0.2, 0) is 40.0 Å². The fourth-order valence-electron chi connectivity index (χ4n) is 4.88. The van der Waals surface area contributed by atoms with Crippen molar-refractivity contribution < 1.29 is 38.2 Å². The van der Waals surface area contributed by atoms with Gasteiger partial charge in [0.05, 0.1) is 0 Å². The molecule has 0 spiro atoms. The van der Waals surface area contributed by atoms with Gasteiger partial charge in [-0.25, -0.2) is 9.59 Å². The lowest BCUT2D eigenvalue weighted by Gasteiger charge is -2.21. The van der Waals surface area contributed by atoms with Gasteiger partial charge in [0.15, 0.2) is 0 Å². The van der Waals surface area contributed by atoms with E-state index in [1.807, 2.05) is 78.9 Å². The number of esters is 1. The van der Waals surface area contributed by atoms with Crippen LogP contribution in [0.2, 0.25) is 0 Å². The lowest BCUT2D eigenvalue weighted by molar-refractivity contribution is -0.151. The van der Waals surface area contributed by atoms with Gasteiger partial charge in [0, 0.05) is 5.92 Å². The van der Waals surface area contributed by atoms with Crippen molar-refractivity contribution in [3.05, 3.63) is 95.6 Å². The maximum atomic E-state index is 12.7. The van der Waals surface area contributed by atoms with Gasteiger partial charge in [-0.3, -0.25) is 14.4 Å². The molecule has 12 nitrogen and oxygen atoms in total. The van der Waals surface area contributed by atoms with Crippen LogP contribution in [0.5, 0.6) is 0 Å². The first-order valence-corrected chi connectivity index (χ1v) is 14.9. The molecule has 3 atom stereocenters. The number of ether oxygens (including phenoxy) is 3. The van der Waals surface area contributed by atoms with Crippen LogP contribution in [-0.4, -0.2) is 67.9 Å². The van der Waals surface area contributed by atoms with E-state index in [0.29, 0.717) is 0 Å². The van der Waals surface area contributed by atoms with E-state index in [9.17, 15) is 24.0 Å². The van der Waals surface area contributed by atoms with Gasteiger partial charge in [0.2, 0.25) is 17.7 Å². The van der Waals surface area contributed by atoms with Gasteiger partial charge in [-0.1, -0.05) is 78.9 Å². The van der Waals surface area contributed by atoms with Crippen LogP contribution in [0.1, 0.15) is 43.4 Å². The summed E-state index contributed by atoms with van der Waals surface area (Å²) in [6, 6.07) is 22.1.